The third-order valence-corrected chi connectivity index (χ3v) is 7.25. The largest absolute Gasteiger partial charge is 0.440 e. The molecule has 0 radical (unpaired) electrons. The molecule has 0 saturated carbocycles. The minimum Gasteiger partial charge on any atom is -0.440 e. The van der Waals surface area contributed by atoms with Crippen molar-refractivity contribution in [3.05, 3.63) is 72.1 Å². The van der Waals surface area contributed by atoms with E-state index in [0.29, 0.717) is 43.1 Å². The lowest BCUT2D eigenvalue weighted by Crippen LogP contribution is -2.59. The number of hydrogen-bond acceptors (Lipinski definition) is 5. The molecule has 35 heavy (non-hydrogen) atoms. The summed E-state index contributed by atoms with van der Waals surface area (Å²) in [5.74, 6) is -0.414. The summed E-state index contributed by atoms with van der Waals surface area (Å²) in [4.78, 5) is 45.6. The molecular formula is C27H26N4O4. The van der Waals surface area contributed by atoms with Crippen molar-refractivity contribution in [2.24, 2.45) is 11.8 Å². The van der Waals surface area contributed by atoms with Crippen molar-refractivity contribution in [1.82, 2.24) is 15.3 Å². The first kappa shape index (κ1) is 21.6. The molecule has 0 spiro atoms. The number of piperidine rings is 1. The van der Waals surface area contributed by atoms with E-state index in [4.69, 9.17) is 4.42 Å². The molecule has 3 aliphatic rings. The number of likely N-dealkylation sites (tertiary alicyclic amines) is 1. The van der Waals surface area contributed by atoms with Gasteiger partial charge in [-0.05, 0) is 56.0 Å². The molecule has 178 valence electrons. The predicted molar refractivity (Wildman–Crippen MR) is 129 cm³/mol. The highest BCUT2D eigenvalue weighted by molar-refractivity contribution is 6.05. The van der Waals surface area contributed by atoms with Crippen LogP contribution in [0.15, 0.2) is 65.1 Å². The lowest BCUT2D eigenvalue weighted by Gasteiger charge is -2.38. The Morgan fingerprint density at radius 3 is 2.71 bits per heavy atom. The first-order valence-corrected chi connectivity index (χ1v) is 12.1. The lowest BCUT2D eigenvalue weighted by atomic mass is 9.80. The van der Waals surface area contributed by atoms with Gasteiger partial charge in [0.1, 0.15) is 5.52 Å². The molecule has 0 bridgehead atoms. The Morgan fingerprint density at radius 2 is 1.86 bits per heavy atom. The molecule has 6 rings (SSSR count). The average molecular weight is 471 g/mol. The van der Waals surface area contributed by atoms with Gasteiger partial charge in [0.2, 0.25) is 11.8 Å². The van der Waals surface area contributed by atoms with Gasteiger partial charge in [-0.3, -0.25) is 19.8 Å². The van der Waals surface area contributed by atoms with Gasteiger partial charge < -0.3 is 9.32 Å². The monoisotopic (exact) mass is 470 g/mol. The van der Waals surface area contributed by atoms with Gasteiger partial charge in [0.15, 0.2) is 11.5 Å². The Balaban J connectivity index is 1.21. The molecule has 2 fully saturated rings. The quantitative estimate of drug-likeness (QED) is 0.588. The van der Waals surface area contributed by atoms with Gasteiger partial charge in [-0.25, -0.2) is 9.99 Å². The number of allylic oxidation sites excluding steroid dienone is 2. The third kappa shape index (κ3) is 3.88. The van der Waals surface area contributed by atoms with E-state index in [0.717, 1.165) is 23.9 Å². The molecule has 1 N–H and O–H groups in total. The van der Waals surface area contributed by atoms with E-state index >= 15 is 0 Å². The molecule has 2 saturated heterocycles. The maximum atomic E-state index is 13.4. The third-order valence-electron chi connectivity index (χ3n) is 7.25. The number of carbonyl (C=O) groups is 3. The zero-order chi connectivity index (χ0) is 23.9. The molecule has 8 heteroatoms. The molecule has 3 aromatic rings. The summed E-state index contributed by atoms with van der Waals surface area (Å²) in [5.41, 5.74) is 5.28. The normalized spacial score (nSPS) is 24.4. The summed E-state index contributed by atoms with van der Waals surface area (Å²) >= 11 is 0. The van der Waals surface area contributed by atoms with Crippen LogP contribution in [0.2, 0.25) is 0 Å². The van der Waals surface area contributed by atoms with Crippen LogP contribution in [-0.4, -0.2) is 40.7 Å². The minimum atomic E-state index is -0.368. The molecular weight excluding hydrogens is 444 g/mol. The Morgan fingerprint density at radius 1 is 1.03 bits per heavy atom. The van der Waals surface area contributed by atoms with Crippen LogP contribution in [0.25, 0.3) is 11.1 Å². The molecule has 1 aromatic heterocycles. The van der Waals surface area contributed by atoms with Crippen molar-refractivity contribution in [2.45, 2.75) is 31.6 Å². The smallest absolute Gasteiger partial charge is 0.253 e. The standard InChI is InChI=1S/C27H26N4O4/c32-24-20-10-1-2-11-21(20)27(34)31(29-24)19-9-5-7-17(15-19)26(33)30-14-6-8-18(16-30)25-28-22-12-3-4-13-23(22)35-25/h1-5,7,9,12-13,15,18,20-21H,6,8,10-11,14,16H2,(H,29,32). The Bertz CT molecular complexity index is 1310. The van der Waals surface area contributed by atoms with Gasteiger partial charge in [-0.1, -0.05) is 30.4 Å². The van der Waals surface area contributed by atoms with Gasteiger partial charge in [-0.15, -0.1) is 0 Å². The number of hydrazine groups is 1. The number of aromatic nitrogens is 1. The number of benzene rings is 2. The summed E-state index contributed by atoms with van der Waals surface area (Å²) < 4.78 is 5.97. The predicted octanol–water partition coefficient (Wildman–Crippen LogP) is 3.81. The van der Waals surface area contributed by atoms with Crippen molar-refractivity contribution in [1.29, 1.82) is 0 Å². The van der Waals surface area contributed by atoms with Crippen LogP contribution in [-0.2, 0) is 9.59 Å². The number of nitrogens with one attached hydrogen (secondary N) is 1. The van der Waals surface area contributed by atoms with Gasteiger partial charge in [0.25, 0.3) is 5.91 Å². The van der Waals surface area contributed by atoms with Gasteiger partial charge in [-0.2, -0.15) is 0 Å². The van der Waals surface area contributed by atoms with Gasteiger partial charge in [0, 0.05) is 18.7 Å². The Kier molecular flexibility index (Phi) is 5.36. The van der Waals surface area contributed by atoms with Crippen molar-refractivity contribution >= 4 is 34.5 Å². The van der Waals surface area contributed by atoms with Crippen molar-refractivity contribution in [3.8, 4) is 0 Å². The number of rotatable bonds is 3. The van der Waals surface area contributed by atoms with E-state index in [2.05, 4.69) is 10.4 Å². The minimum absolute atomic E-state index is 0.0301. The fourth-order valence-electron chi connectivity index (χ4n) is 5.37. The van der Waals surface area contributed by atoms with Crippen molar-refractivity contribution in [3.63, 3.8) is 0 Å². The number of para-hydroxylation sites is 2. The van der Waals surface area contributed by atoms with Crippen LogP contribution in [0.5, 0.6) is 0 Å². The highest BCUT2D eigenvalue weighted by Gasteiger charge is 2.42. The van der Waals surface area contributed by atoms with Crippen LogP contribution < -0.4 is 10.4 Å². The van der Waals surface area contributed by atoms with Crippen LogP contribution >= 0.6 is 0 Å². The van der Waals surface area contributed by atoms with Crippen LogP contribution in [0, 0.1) is 11.8 Å². The summed E-state index contributed by atoms with van der Waals surface area (Å²) in [7, 11) is 0. The molecule has 3 heterocycles. The Hall–Kier alpha value is -3.94. The summed E-state index contributed by atoms with van der Waals surface area (Å²) in [6.07, 6.45) is 6.80. The maximum Gasteiger partial charge on any atom is 0.253 e. The molecule has 1 aliphatic carbocycles. The Labute approximate surface area is 202 Å². The highest BCUT2D eigenvalue weighted by Crippen LogP contribution is 2.33. The van der Waals surface area contributed by atoms with Crippen LogP contribution in [0.3, 0.4) is 0 Å². The highest BCUT2D eigenvalue weighted by atomic mass is 16.3. The number of anilines is 1. The number of fused-ring (bicyclic) bond motifs is 2. The van der Waals surface area contributed by atoms with E-state index in [-0.39, 0.29) is 35.5 Å². The fraction of sp³-hybridized carbons (Fsp3) is 0.333. The van der Waals surface area contributed by atoms with Crippen LogP contribution in [0.1, 0.15) is 47.8 Å². The molecule has 2 aliphatic heterocycles. The zero-order valence-electron chi connectivity index (χ0n) is 19.2. The number of carbonyl (C=O) groups excluding carboxylic acids is 3. The summed E-state index contributed by atoms with van der Waals surface area (Å²) in [5, 5.41) is 1.30. The van der Waals surface area contributed by atoms with Crippen LogP contribution in [0.4, 0.5) is 5.69 Å². The molecule has 8 nitrogen and oxygen atoms in total. The second-order valence-corrected chi connectivity index (χ2v) is 9.47. The summed E-state index contributed by atoms with van der Waals surface area (Å²) in [6.45, 7) is 1.17. The zero-order valence-corrected chi connectivity index (χ0v) is 19.2. The maximum absolute atomic E-state index is 13.4. The number of oxazole rings is 1. The first-order chi connectivity index (χ1) is 17.1. The average Bonchev–Trinajstić information content (AvgIpc) is 3.35. The molecule has 3 unspecified atom stereocenters. The number of hydrogen-bond donors (Lipinski definition) is 1. The molecule has 3 amide bonds. The van der Waals surface area contributed by atoms with E-state index in [9.17, 15) is 14.4 Å². The van der Waals surface area contributed by atoms with Gasteiger partial charge in [0.05, 0.1) is 23.4 Å². The second-order valence-electron chi connectivity index (χ2n) is 9.47. The lowest BCUT2D eigenvalue weighted by molar-refractivity contribution is -0.139. The molecule has 2 aromatic carbocycles. The fourth-order valence-corrected chi connectivity index (χ4v) is 5.37. The topological polar surface area (TPSA) is 95.8 Å². The van der Waals surface area contributed by atoms with Gasteiger partial charge >= 0.3 is 0 Å². The van der Waals surface area contributed by atoms with E-state index in [1.165, 1.54) is 5.01 Å². The second kappa shape index (κ2) is 8.69. The first-order valence-electron chi connectivity index (χ1n) is 12.1. The van der Waals surface area contributed by atoms with E-state index in [1.54, 1.807) is 24.3 Å². The number of amides is 3. The summed E-state index contributed by atoms with van der Waals surface area (Å²) in [6, 6.07) is 14.6. The van der Waals surface area contributed by atoms with E-state index in [1.807, 2.05) is 41.3 Å². The molecule has 3 atom stereocenters. The van der Waals surface area contributed by atoms with E-state index < -0.39 is 0 Å². The number of nitrogens with zero attached hydrogens (tertiary/aromatic N) is 3. The van der Waals surface area contributed by atoms with Crippen molar-refractivity contribution < 1.29 is 18.8 Å². The SMILES string of the molecule is O=C1NN(c2cccc(C(=O)N3CCCC(c4nc5ccccc5o4)C3)c2)C(=O)C2CC=CCC12. The van der Waals surface area contributed by atoms with Crippen molar-refractivity contribution in [2.75, 3.05) is 18.1 Å².